The summed E-state index contributed by atoms with van der Waals surface area (Å²) in [5.74, 6) is 0.708. The highest BCUT2D eigenvalue weighted by atomic mass is 35.5. The van der Waals surface area contributed by atoms with Gasteiger partial charge in [-0.25, -0.2) is 0 Å². The summed E-state index contributed by atoms with van der Waals surface area (Å²) in [7, 11) is 3.57. The van der Waals surface area contributed by atoms with Crippen LogP contribution in [0.25, 0.3) is 11.6 Å². The lowest BCUT2D eigenvalue weighted by Crippen LogP contribution is -2.15. The van der Waals surface area contributed by atoms with Crippen LogP contribution in [-0.2, 0) is 0 Å². The average molecular weight is 301 g/mol. The van der Waals surface area contributed by atoms with Gasteiger partial charge in [0.25, 0.3) is 0 Å². The van der Waals surface area contributed by atoms with Gasteiger partial charge in [0.1, 0.15) is 6.07 Å². The monoisotopic (exact) mass is 300 g/mol. The highest BCUT2D eigenvalue weighted by molar-refractivity contribution is 6.30. The first-order chi connectivity index (χ1) is 9.99. The molecule has 0 fully saturated rings. The summed E-state index contributed by atoms with van der Waals surface area (Å²) in [5.41, 5.74) is 6.78. The van der Waals surface area contributed by atoms with Crippen molar-refractivity contribution in [3.8, 4) is 6.07 Å². The summed E-state index contributed by atoms with van der Waals surface area (Å²) in [4.78, 5) is 13.9. The fourth-order valence-corrected chi connectivity index (χ4v) is 1.70. The number of hydrogen-bond acceptors (Lipinski definition) is 6. The van der Waals surface area contributed by atoms with Gasteiger partial charge in [-0.3, -0.25) is 0 Å². The van der Waals surface area contributed by atoms with E-state index in [1.807, 2.05) is 0 Å². The minimum Gasteiger partial charge on any atom is -0.368 e. The predicted molar refractivity (Wildman–Crippen MR) is 83.5 cm³/mol. The lowest BCUT2D eigenvalue weighted by molar-refractivity contribution is 0.952. The van der Waals surface area contributed by atoms with Crippen LogP contribution >= 0.6 is 11.6 Å². The molecule has 2 aromatic rings. The number of benzene rings is 1. The van der Waals surface area contributed by atoms with Gasteiger partial charge in [-0.05, 0) is 23.8 Å². The molecule has 2 N–H and O–H groups in total. The summed E-state index contributed by atoms with van der Waals surface area (Å²) in [6.07, 6.45) is 1.67. The van der Waals surface area contributed by atoms with Gasteiger partial charge >= 0.3 is 0 Å². The number of rotatable bonds is 3. The second-order valence-electron chi connectivity index (χ2n) is 4.43. The molecule has 0 bridgehead atoms. The summed E-state index contributed by atoms with van der Waals surface area (Å²) in [5, 5.41) is 9.95. The molecule has 0 aliphatic rings. The summed E-state index contributed by atoms with van der Waals surface area (Å²) < 4.78 is 0. The van der Waals surface area contributed by atoms with Crippen LogP contribution < -0.4 is 10.6 Å². The number of nitrogens with two attached hydrogens (primary N) is 1. The maximum Gasteiger partial charge on any atom is 0.230 e. The minimum absolute atomic E-state index is 0.0703. The fraction of sp³-hybridized carbons (Fsp3) is 0.143. The molecule has 0 aliphatic carbocycles. The summed E-state index contributed by atoms with van der Waals surface area (Å²) in [6.45, 7) is 0. The molecule has 2 rings (SSSR count). The van der Waals surface area contributed by atoms with E-state index in [0.717, 1.165) is 5.56 Å². The van der Waals surface area contributed by atoms with Crippen molar-refractivity contribution < 1.29 is 0 Å². The third kappa shape index (κ3) is 3.68. The predicted octanol–water partition coefficient (Wildman–Crippen LogP) is 2.24. The Morgan fingerprint density at radius 3 is 2.48 bits per heavy atom. The topological polar surface area (TPSA) is 91.7 Å². The van der Waals surface area contributed by atoms with E-state index >= 15 is 0 Å². The summed E-state index contributed by atoms with van der Waals surface area (Å²) in [6, 6.07) is 9.17. The van der Waals surface area contributed by atoms with E-state index in [2.05, 4.69) is 21.0 Å². The maximum atomic E-state index is 9.32. The van der Waals surface area contributed by atoms with Crippen LogP contribution in [0.3, 0.4) is 0 Å². The SMILES string of the molecule is CN(C)c1nc(N)nc(C(C#N)=Cc2ccc(Cl)cc2)n1. The molecule has 0 saturated heterocycles. The van der Waals surface area contributed by atoms with E-state index in [0.29, 0.717) is 16.5 Å². The van der Waals surface area contributed by atoms with Crippen LogP contribution in [0, 0.1) is 11.3 Å². The van der Waals surface area contributed by atoms with Gasteiger partial charge in [0, 0.05) is 19.1 Å². The lowest BCUT2D eigenvalue weighted by Gasteiger charge is -2.10. The van der Waals surface area contributed by atoms with Crippen LogP contribution in [0.2, 0.25) is 5.02 Å². The van der Waals surface area contributed by atoms with E-state index < -0.39 is 0 Å². The Labute approximate surface area is 127 Å². The molecule has 0 saturated carbocycles. The molecule has 0 unspecified atom stereocenters. The van der Waals surface area contributed by atoms with Crippen LogP contribution in [0.1, 0.15) is 11.4 Å². The second kappa shape index (κ2) is 6.20. The van der Waals surface area contributed by atoms with Crippen molar-refractivity contribution in [1.82, 2.24) is 15.0 Å². The van der Waals surface area contributed by atoms with Crippen LogP contribution in [0.5, 0.6) is 0 Å². The first-order valence-electron chi connectivity index (χ1n) is 6.06. The normalized spacial score (nSPS) is 11.0. The van der Waals surface area contributed by atoms with Gasteiger partial charge in [0.2, 0.25) is 11.9 Å². The Balaban J connectivity index is 2.46. The molecule has 1 aromatic carbocycles. The number of halogens is 1. The van der Waals surface area contributed by atoms with Crippen molar-refractivity contribution in [3.63, 3.8) is 0 Å². The zero-order valence-corrected chi connectivity index (χ0v) is 12.3. The first-order valence-corrected chi connectivity index (χ1v) is 6.44. The highest BCUT2D eigenvalue weighted by Gasteiger charge is 2.10. The van der Waals surface area contributed by atoms with E-state index in [9.17, 15) is 5.26 Å². The standard InChI is InChI=1S/C14H13ClN6/c1-21(2)14-19-12(18-13(17)20-14)10(8-16)7-9-3-5-11(15)6-4-9/h3-7H,1-2H3,(H2,17,18,19,20). The molecule has 21 heavy (non-hydrogen) atoms. The van der Waals surface area contributed by atoms with Gasteiger partial charge in [-0.15, -0.1) is 0 Å². The molecule has 0 spiro atoms. The fourth-order valence-electron chi connectivity index (χ4n) is 1.57. The Morgan fingerprint density at radius 2 is 1.90 bits per heavy atom. The van der Waals surface area contributed by atoms with Gasteiger partial charge in [-0.2, -0.15) is 20.2 Å². The molecule has 6 nitrogen and oxygen atoms in total. The molecule has 0 aliphatic heterocycles. The maximum absolute atomic E-state index is 9.32. The minimum atomic E-state index is 0.0703. The Morgan fingerprint density at radius 1 is 1.24 bits per heavy atom. The first kappa shape index (κ1) is 14.8. The molecule has 1 aromatic heterocycles. The van der Waals surface area contributed by atoms with E-state index in [4.69, 9.17) is 17.3 Å². The Hall–Kier alpha value is -2.65. The van der Waals surface area contributed by atoms with Crippen LogP contribution in [0.15, 0.2) is 24.3 Å². The van der Waals surface area contributed by atoms with E-state index in [1.54, 1.807) is 49.3 Å². The third-order valence-electron chi connectivity index (χ3n) is 2.58. The molecular weight excluding hydrogens is 288 g/mol. The van der Waals surface area contributed by atoms with Gasteiger partial charge in [0.05, 0.1) is 5.57 Å². The van der Waals surface area contributed by atoms with Crippen molar-refractivity contribution in [2.24, 2.45) is 0 Å². The molecule has 1 heterocycles. The van der Waals surface area contributed by atoms with Crippen LogP contribution in [-0.4, -0.2) is 29.0 Å². The van der Waals surface area contributed by atoms with Crippen molar-refractivity contribution in [2.45, 2.75) is 0 Å². The number of nitrogen functional groups attached to an aromatic ring is 1. The van der Waals surface area contributed by atoms with Gasteiger partial charge in [0.15, 0.2) is 5.82 Å². The smallest absolute Gasteiger partial charge is 0.230 e. The molecular formula is C14H13ClN6. The zero-order valence-electron chi connectivity index (χ0n) is 11.6. The number of allylic oxidation sites excluding steroid dienone is 1. The van der Waals surface area contributed by atoms with Crippen molar-refractivity contribution >= 4 is 35.1 Å². The largest absolute Gasteiger partial charge is 0.368 e. The summed E-state index contributed by atoms with van der Waals surface area (Å²) >= 11 is 5.83. The third-order valence-corrected chi connectivity index (χ3v) is 2.84. The van der Waals surface area contributed by atoms with Crippen LogP contribution in [0.4, 0.5) is 11.9 Å². The number of aromatic nitrogens is 3. The molecule has 7 heteroatoms. The molecule has 0 radical (unpaired) electrons. The quantitative estimate of drug-likeness (QED) is 0.874. The molecule has 106 valence electrons. The highest BCUT2D eigenvalue weighted by Crippen LogP contribution is 2.18. The Bertz CT molecular complexity index is 715. The van der Waals surface area contributed by atoms with Crippen molar-refractivity contribution in [2.75, 3.05) is 24.7 Å². The van der Waals surface area contributed by atoms with Gasteiger partial charge < -0.3 is 10.6 Å². The van der Waals surface area contributed by atoms with Gasteiger partial charge in [-0.1, -0.05) is 23.7 Å². The van der Waals surface area contributed by atoms with E-state index in [-0.39, 0.29) is 11.8 Å². The lowest BCUT2D eigenvalue weighted by atomic mass is 10.1. The second-order valence-corrected chi connectivity index (χ2v) is 4.87. The molecule has 0 atom stereocenters. The molecule has 0 amide bonds. The number of nitriles is 1. The van der Waals surface area contributed by atoms with Crippen molar-refractivity contribution in [3.05, 3.63) is 40.7 Å². The Kier molecular flexibility index (Phi) is 4.36. The van der Waals surface area contributed by atoms with E-state index in [1.165, 1.54) is 0 Å². The average Bonchev–Trinajstić information content (AvgIpc) is 2.46. The number of anilines is 2. The zero-order chi connectivity index (χ0) is 15.4. The number of nitrogens with zero attached hydrogens (tertiary/aromatic N) is 5. The van der Waals surface area contributed by atoms with Crippen molar-refractivity contribution in [1.29, 1.82) is 5.26 Å². The number of hydrogen-bond donors (Lipinski definition) is 1.